The molecule has 1 aromatic heterocycles. The summed E-state index contributed by atoms with van der Waals surface area (Å²) in [6.45, 7) is 2.65. The van der Waals surface area contributed by atoms with E-state index in [1.165, 1.54) is 12.8 Å². The second-order valence-corrected chi connectivity index (χ2v) is 5.12. The van der Waals surface area contributed by atoms with Gasteiger partial charge in [0.05, 0.1) is 6.54 Å². The van der Waals surface area contributed by atoms with Crippen LogP contribution in [0.4, 0.5) is 0 Å². The maximum absolute atomic E-state index is 6.02. The van der Waals surface area contributed by atoms with Crippen LogP contribution in [-0.4, -0.2) is 16.2 Å². The van der Waals surface area contributed by atoms with E-state index in [9.17, 15) is 0 Å². The third-order valence-corrected chi connectivity index (χ3v) is 3.10. The highest BCUT2D eigenvalue weighted by Crippen LogP contribution is 2.23. The Kier molecular flexibility index (Phi) is 3.06. The maximum Gasteiger partial charge on any atom is 0.258 e. The second kappa shape index (κ2) is 4.71. The van der Waals surface area contributed by atoms with Crippen LogP contribution in [-0.2, 0) is 6.54 Å². The molecule has 1 aromatic carbocycles. The third kappa shape index (κ3) is 2.71. The van der Waals surface area contributed by atoms with Crippen LogP contribution in [0.2, 0.25) is 5.02 Å². The Labute approximate surface area is 110 Å². The summed E-state index contributed by atoms with van der Waals surface area (Å²) in [5.41, 5.74) is 1.94. The second-order valence-electron chi connectivity index (χ2n) is 4.69. The third-order valence-electron chi connectivity index (χ3n) is 2.88. The van der Waals surface area contributed by atoms with Gasteiger partial charge in [-0.2, -0.15) is 4.98 Å². The molecule has 1 N–H and O–H groups in total. The molecule has 4 nitrogen and oxygen atoms in total. The minimum atomic E-state index is 0.521. The van der Waals surface area contributed by atoms with Gasteiger partial charge in [0.25, 0.3) is 5.89 Å². The van der Waals surface area contributed by atoms with Crippen molar-refractivity contribution in [1.82, 2.24) is 15.5 Å². The molecule has 2 aromatic rings. The highest BCUT2D eigenvalue weighted by Gasteiger charge is 2.21. The number of halogens is 1. The molecule has 0 aliphatic heterocycles. The van der Waals surface area contributed by atoms with Crippen LogP contribution < -0.4 is 5.32 Å². The fraction of sp³-hybridized carbons (Fsp3) is 0.385. The van der Waals surface area contributed by atoms with E-state index in [1.807, 2.05) is 25.1 Å². The lowest BCUT2D eigenvalue weighted by Gasteiger charge is -1.98. The quantitative estimate of drug-likeness (QED) is 0.921. The van der Waals surface area contributed by atoms with Gasteiger partial charge in [-0.1, -0.05) is 16.8 Å². The topological polar surface area (TPSA) is 51.0 Å². The van der Waals surface area contributed by atoms with Gasteiger partial charge in [-0.3, -0.25) is 0 Å². The van der Waals surface area contributed by atoms with Gasteiger partial charge in [0.15, 0.2) is 5.82 Å². The molecule has 1 fully saturated rings. The Morgan fingerprint density at radius 1 is 1.39 bits per heavy atom. The molecule has 0 bridgehead atoms. The number of aromatic nitrogens is 2. The summed E-state index contributed by atoms with van der Waals surface area (Å²) >= 11 is 6.02. The van der Waals surface area contributed by atoms with Gasteiger partial charge in [0.1, 0.15) is 0 Å². The first kappa shape index (κ1) is 11.7. The zero-order valence-corrected chi connectivity index (χ0v) is 10.9. The van der Waals surface area contributed by atoms with Gasteiger partial charge in [0, 0.05) is 16.6 Å². The molecule has 18 heavy (non-hydrogen) atoms. The predicted octanol–water partition coefficient (Wildman–Crippen LogP) is 2.95. The molecule has 0 amide bonds. The maximum atomic E-state index is 6.02. The molecule has 0 radical (unpaired) electrons. The fourth-order valence-electron chi connectivity index (χ4n) is 1.83. The SMILES string of the molecule is Cc1cc(Cl)cc(-c2nc(CNC3CC3)no2)c1. The van der Waals surface area contributed by atoms with E-state index in [-0.39, 0.29) is 0 Å². The molecule has 0 spiro atoms. The van der Waals surface area contributed by atoms with Gasteiger partial charge in [-0.25, -0.2) is 0 Å². The predicted molar refractivity (Wildman–Crippen MR) is 69.3 cm³/mol. The minimum Gasteiger partial charge on any atom is -0.334 e. The first-order valence-electron chi connectivity index (χ1n) is 6.04. The van der Waals surface area contributed by atoms with E-state index in [2.05, 4.69) is 15.5 Å². The van der Waals surface area contributed by atoms with Crippen LogP contribution in [0.1, 0.15) is 24.2 Å². The van der Waals surface area contributed by atoms with Gasteiger partial charge in [0.2, 0.25) is 0 Å². The number of nitrogens with one attached hydrogen (secondary N) is 1. The van der Waals surface area contributed by atoms with E-state index in [1.54, 1.807) is 0 Å². The van der Waals surface area contributed by atoms with Gasteiger partial charge < -0.3 is 9.84 Å². The molecule has 5 heteroatoms. The average molecular weight is 264 g/mol. The number of aryl methyl sites for hydroxylation is 1. The van der Waals surface area contributed by atoms with Crippen molar-refractivity contribution in [3.05, 3.63) is 34.6 Å². The average Bonchev–Trinajstić information content (AvgIpc) is 3.02. The largest absolute Gasteiger partial charge is 0.334 e. The summed E-state index contributed by atoms with van der Waals surface area (Å²) in [5, 5.41) is 7.99. The van der Waals surface area contributed by atoms with E-state index >= 15 is 0 Å². The molecule has 1 heterocycles. The van der Waals surface area contributed by atoms with Crippen LogP contribution in [0.25, 0.3) is 11.5 Å². The Hall–Kier alpha value is -1.39. The molecule has 3 rings (SSSR count). The van der Waals surface area contributed by atoms with E-state index < -0.39 is 0 Å². The molecule has 1 aliphatic rings. The van der Waals surface area contributed by atoms with Crippen LogP contribution >= 0.6 is 11.6 Å². The lowest BCUT2D eigenvalue weighted by Crippen LogP contribution is -2.16. The molecule has 0 saturated heterocycles. The Balaban J connectivity index is 1.78. The number of rotatable bonds is 4. The highest BCUT2D eigenvalue weighted by atomic mass is 35.5. The fourth-order valence-corrected chi connectivity index (χ4v) is 2.12. The smallest absolute Gasteiger partial charge is 0.258 e. The first-order chi connectivity index (χ1) is 8.70. The molecule has 1 saturated carbocycles. The van der Waals surface area contributed by atoms with Crippen molar-refractivity contribution >= 4 is 11.6 Å². The molecule has 1 aliphatic carbocycles. The van der Waals surface area contributed by atoms with Crippen LogP contribution in [0.5, 0.6) is 0 Å². The minimum absolute atomic E-state index is 0.521. The molecule has 0 atom stereocenters. The van der Waals surface area contributed by atoms with Crippen LogP contribution in [0.15, 0.2) is 22.7 Å². The van der Waals surface area contributed by atoms with Crippen molar-refractivity contribution in [3.63, 3.8) is 0 Å². The van der Waals surface area contributed by atoms with Crippen molar-refractivity contribution in [2.45, 2.75) is 32.4 Å². The van der Waals surface area contributed by atoms with Crippen molar-refractivity contribution in [2.75, 3.05) is 0 Å². The van der Waals surface area contributed by atoms with Crippen LogP contribution in [0, 0.1) is 6.92 Å². The number of hydrogen-bond acceptors (Lipinski definition) is 4. The Morgan fingerprint density at radius 2 is 2.22 bits per heavy atom. The zero-order chi connectivity index (χ0) is 12.5. The standard InChI is InChI=1S/C13H14ClN3O/c1-8-4-9(6-10(14)5-8)13-16-12(17-18-13)7-15-11-2-3-11/h4-6,11,15H,2-3,7H2,1H3. The summed E-state index contributed by atoms with van der Waals surface area (Å²) in [7, 11) is 0. The molecule has 0 unspecified atom stereocenters. The zero-order valence-electron chi connectivity index (χ0n) is 10.1. The normalized spacial score (nSPS) is 15.0. The van der Waals surface area contributed by atoms with Crippen LogP contribution in [0.3, 0.4) is 0 Å². The van der Waals surface area contributed by atoms with Crippen molar-refractivity contribution in [1.29, 1.82) is 0 Å². The number of benzene rings is 1. The van der Waals surface area contributed by atoms with Gasteiger partial charge in [-0.15, -0.1) is 0 Å². The summed E-state index contributed by atoms with van der Waals surface area (Å²) < 4.78 is 5.25. The van der Waals surface area contributed by atoms with E-state index in [0.29, 0.717) is 29.3 Å². The lowest BCUT2D eigenvalue weighted by atomic mass is 10.1. The number of hydrogen-bond donors (Lipinski definition) is 1. The lowest BCUT2D eigenvalue weighted by molar-refractivity contribution is 0.419. The Bertz CT molecular complexity index is 543. The van der Waals surface area contributed by atoms with Crippen molar-refractivity contribution in [2.24, 2.45) is 0 Å². The first-order valence-corrected chi connectivity index (χ1v) is 6.42. The molecule has 94 valence electrons. The Morgan fingerprint density at radius 3 is 2.94 bits per heavy atom. The summed E-state index contributed by atoms with van der Waals surface area (Å²) in [5.74, 6) is 1.21. The van der Waals surface area contributed by atoms with Crippen molar-refractivity contribution in [3.8, 4) is 11.5 Å². The van der Waals surface area contributed by atoms with Gasteiger partial charge in [-0.05, 0) is 43.5 Å². The monoisotopic (exact) mass is 263 g/mol. The van der Waals surface area contributed by atoms with Gasteiger partial charge >= 0.3 is 0 Å². The van der Waals surface area contributed by atoms with Crippen molar-refractivity contribution < 1.29 is 4.52 Å². The molecular formula is C13H14ClN3O. The summed E-state index contributed by atoms with van der Waals surface area (Å²) in [6, 6.07) is 6.36. The summed E-state index contributed by atoms with van der Waals surface area (Å²) in [4.78, 5) is 4.36. The number of nitrogens with zero attached hydrogens (tertiary/aromatic N) is 2. The highest BCUT2D eigenvalue weighted by molar-refractivity contribution is 6.30. The summed E-state index contributed by atoms with van der Waals surface area (Å²) in [6.07, 6.45) is 2.50. The van der Waals surface area contributed by atoms with E-state index in [0.717, 1.165) is 11.1 Å². The molecular weight excluding hydrogens is 250 g/mol. The van der Waals surface area contributed by atoms with E-state index in [4.69, 9.17) is 16.1 Å².